The fourth-order valence-corrected chi connectivity index (χ4v) is 15.5. The summed E-state index contributed by atoms with van der Waals surface area (Å²) in [5, 5.41) is 307. The monoisotopic (exact) mass is 1730 g/mol. The van der Waals surface area contributed by atoms with Crippen molar-refractivity contribution >= 4 is 17.7 Å². The van der Waals surface area contributed by atoms with Crippen LogP contribution in [0, 0.1) is 0 Å². The van der Waals surface area contributed by atoms with Gasteiger partial charge in [-0.3, -0.25) is 14.4 Å². The van der Waals surface area contributed by atoms with E-state index in [4.69, 9.17) is 90.0 Å². The minimum Gasteiger partial charge on any atom is -0.394 e. The Morgan fingerprint density at radius 1 is 0.220 bits per heavy atom. The van der Waals surface area contributed by atoms with E-state index in [0.29, 0.717) is 0 Å². The van der Waals surface area contributed by atoms with Crippen molar-refractivity contribution in [2.24, 2.45) is 0 Å². The third kappa shape index (κ3) is 20.6. The van der Waals surface area contributed by atoms with Crippen LogP contribution in [0.15, 0.2) is 0 Å². The van der Waals surface area contributed by atoms with E-state index in [9.17, 15) is 152 Å². The summed E-state index contributed by atoms with van der Waals surface area (Å²) in [6, 6.07) is -6.02. The molecule has 0 saturated carbocycles. The van der Waals surface area contributed by atoms with Crippen LogP contribution in [0.4, 0.5) is 0 Å². The van der Waals surface area contributed by atoms with E-state index in [1.165, 1.54) is 13.8 Å². The number of hydrogen-bond acceptors (Lipinski definition) is 49. The molecule has 0 aromatic rings. The molecule has 0 bridgehead atoms. The summed E-state index contributed by atoms with van der Waals surface area (Å²) in [4.78, 5) is 40.0. The largest absolute Gasteiger partial charge is 0.394 e. The third-order valence-corrected chi connectivity index (χ3v) is 22.0. The van der Waals surface area contributed by atoms with E-state index < -0.39 is 377 Å². The highest BCUT2D eigenvalue weighted by Gasteiger charge is 2.63. The number of hydrogen-bond donors (Lipinski definition) is 30. The summed E-state index contributed by atoms with van der Waals surface area (Å²) >= 11 is 0. The smallest absolute Gasteiger partial charge is 0.217 e. The fourth-order valence-electron chi connectivity index (χ4n) is 15.5. The number of carbonyl (C=O) groups is 3. The Hall–Kier alpha value is -3.43. The number of amides is 3. The van der Waals surface area contributed by atoms with Gasteiger partial charge in [0, 0.05) is 20.8 Å². The molecule has 10 aliphatic rings. The zero-order valence-corrected chi connectivity index (χ0v) is 63.6. The van der Waals surface area contributed by atoms with Gasteiger partial charge in [-0.2, -0.15) is 0 Å². The van der Waals surface area contributed by atoms with Gasteiger partial charge in [0.1, 0.15) is 232 Å². The van der Waals surface area contributed by atoms with Crippen LogP contribution in [0.5, 0.6) is 0 Å². The SMILES string of the molecule is CC(=O)N[C@H]1[C@H](O[C@H]2[C@@H](O)[C@@H](CO)O[C@@H](O[C@H]3[C@H](O[C@@H]4O[C@@H](C)[C@@H](O)[C@@H](O)[C@@H]4O)[C@@H](NC(C)=O)[C@H](O[C@H]4[C@@H](O)[C@@H](CO)O[C@@H](O[C@H]5[C@H](O[C@@H]6O[C@@H](C)[C@@H](O)[C@@H](O)[C@@H]6O)[C@@H](NC(C)=O)[C@H](O[C@H]6[C@@H](O)[C@@H](CO)O[C@@H](O[C@H]7[C@H](O)[C@@H](O)C(O)O[C@@H]7CO)[C@@H]6O)O[C@@H]5CO)[C@@H]4O)O[C@@H]3CO)[C@@H]2O)O[C@H](CO)[C@@H](O[C@@H]2O[C@H](CO)[C@H](O)[C@H](O)[C@H]2O)[C@@H]1O. The predicted molar refractivity (Wildman–Crippen MR) is 362 cm³/mol. The highest BCUT2D eigenvalue weighted by Crippen LogP contribution is 2.42. The van der Waals surface area contributed by atoms with E-state index in [1.807, 2.05) is 0 Å². The molecule has 50 atom stereocenters. The minimum absolute atomic E-state index is 0.901. The zero-order chi connectivity index (χ0) is 86.8. The standard InChI is InChI=1S/C66H111N3O49/c1-14-30(81)37(88)42(93)61(100-14)114-52-28(68-17(4)79)59(117-55-34(85)20(7-71)104-64(45(55)96)111-49-23(10-74)102-57(99)41(92)40(49)91)108-26(13-77)51(52)113-66-47(98)56(35(86)22(9-73)106-66)118-60-29(69-18(5)80)53(115-62-43(94)38(89)31(82)15(2)101-62)50(25(12-76)109-60)112-65-46(97)54(33(84)21(8-72)105-65)116-58-27(67-16(3)78)36(87)48(24(11-75)107-58)110-63-44(95)39(90)32(83)19(6-70)103-63/h14-15,19-66,70-77,81-99H,6-13H2,1-5H3,(H,67,78)(H,68,79)(H,69,80)/t14-,15-,19+,20+,21+,22+,23+,24+,25+,26+,27+,28+,29+,30+,31+,32-,33-,34-,35-,36+,37+,38+,39-,40+,41+,42-,43-,44+,45+,46+,47+,48+,49+,50+,51+,52+,53+,54-,55-,56-,57?,58-,59-,60-,61-,62-,63-,64-,65-,66-/m0/s1. The molecule has 10 aliphatic heterocycles. The van der Waals surface area contributed by atoms with Crippen LogP contribution in [0.25, 0.3) is 0 Å². The number of aliphatic hydroxyl groups is 27. The van der Waals surface area contributed by atoms with Gasteiger partial charge in [-0.1, -0.05) is 0 Å². The molecule has 0 aromatic carbocycles. The highest BCUT2D eigenvalue weighted by molar-refractivity contribution is 5.74. The van der Waals surface area contributed by atoms with Crippen molar-refractivity contribution < 1.29 is 242 Å². The molecular weight excluding hydrogens is 1620 g/mol. The first-order chi connectivity index (χ1) is 55.8. The van der Waals surface area contributed by atoms with Crippen molar-refractivity contribution in [1.29, 1.82) is 0 Å². The van der Waals surface area contributed by atoms with Crippen LogP contribution in [0.2, 0.25) is 0 Å². The molecular formula is C66H111N3O49. The van der Waals surface area contributed by atoms with E-state index in [0.717, 1.165) is 20.8 Å². The molecule has 10 heterocycles. The average Bonchev–Trinajstić information content (AvgIpc) is 0.759. The van der Waals surface area contributed by atoms with E-state index in [2.05, 4.69) is 16.0 Å². The van der Waals surface area contributed by atoms with E-state index >= 15 is 0 Å². The zero-order valence-electron chi connectivity index (χ0n) is 63.6. The molecule has 0 aromatic heterocycles. The van der Waals surface area contributed by atoms with Gasteiger partial charge in [0.2, 0.25) is 17.7 Å². The van der Waals surface area contributed by atoms with Gasteiger partial charge in [-0.15, -0.1) is 0 Å². The van der Waals surface area contributed by atoms with Crippen LogP contribution < -0.4 is 16.0 Å². The molecule has 0 spiro atoms. The molecule has 10 saturated heterocycles. The topological polar surface area (TPSA) is 809 Å². The normalized spacial score (nSPS) is 51.1. The lowest BCUT2D eigenvalue weighted by Gasteiger charge is -2.53. The number of ether oxygens (including phenoxy) is 19. The first-order valence-corrected chi connectivity index (χ1v) is 37.9. The molecule has 52 heteroatoms. The van der Waals surface area contributed by atoms with Crippen LogP contribution in [-0.4, -0.2) is 515 Å². The van der Waals surface area contributed by atoms with Gasteiger partial charge < -0.3 is 244 Å². The second kappa shape index (κ2) is 41.8. The quantitative estimate of drug-likeness (QED) is 0.0331. The van der Waals surface area contributed by atoms with Crippen molar-refractivity contribution in [2.75, 3.05) is 52.9 Å². The van der Waals surface area contributed by atoms with Crippen LogP contribution in [0.3, 0.4) is 0 Å². The maximum absolute atomic E-state index is 13.7. The second-order valence-corrected chi connectivity index (χ2v) is 30.2. The minimum atomic E-state index is -2.54. The van der Waals surface area contributed by atoms with E-state index in [1.54, 1.807) is 0 Å². The van der Waals surface area contributed by atoms with Gasteiger partial charge in [-0.05, 0) is 13.8 Å². The van der Waals surface area contributed by atoms with Gasteiger partial charge in [0.15, 0.2) is 62.9 Å². The summed E-state index contributed by atoms with van der Waals surface area (Å²) in [7, 11) is 0. The fraction of sp³-hybridized carbons (Fsp3) is 0.955. The molecule has 684 valence electrons. The molecule has 30 N–H and O–H groups in total. The summed E-state index contributed by atoms with van der Waals surface area (Å²) in [6.07, 6.45) is -97.1. The van der Waals surface area contributed by atoms with Crippen molar-refractivity contribution in [1.82, 2.24) is 16.0 Å². The second-order valence-electron chi connectivity index (χ2n) is 30.2. The van der Waals surface area contributed by atoms with Crippen molar-refractivity contribution in [2.45, 2.75) is 341 Å². The Labute approximate surface area is 668 Å². The Morgan fingerprint density at radius 2 is 0.458 bits per heavy atom. The molecule has 118 heavy (non-hydrogen) atoms. The van der Waals surface area contributed by atoms with Gasteiger partial charge in [0.05, 0.1) is 65.1 Å². The lowest BCUT2D eigenvalue weighted by molar-refractivity contribution is -0.402. The molecule has 52 nitrogen and oxygen atoms in total. The third-order valence-electron chi connectivity index (χ3n) is 22.0. The van der Waals surface area contributed by atoms with Crippen molar-refractivity contribution in [3.05, 3.63) is 0 Å². The summed E-state index contributed by atoms with van der Waals surface area (Å²) in [5.74, 6) is -2.97. The Kier molecular flexibility index (Phi) is 34.3. The average molecular weight is 1730 g/mol. The maximum Gasteiger partial charge on any atom is 0.217 e. The van der Waals surface area contributed by atoms with Crippen LogP contribution >= 0.6 is 0 Å². The lowest BCUT2D eigenvalue weighted by atomic mass is 9.93. The Balaban J connectivity index is 0.963. The molecule has 10 rings (SSSR count). The number of aliphatic hydroxyl groups excluding tert-OH is 27. The van der Waals surface area contributed by atoms with Crippen molar-refractivity contribution in [3.63, 3.8) is 0 Å². The highest BCUT2D eigenvalue weighted by atomic mass is 16.8. The van der Waals surface area contributed by atoms with E-state index in [-0.39, 0.29) is 0 Å². The first-order valence-electron chi connectivity index (χ1n) is 37.9. The summed E-state index contributed by atoms with van der Waals surface area (Å²) in [6.45, 7) is -3.87. The molecule has 0 aliphatic carbocycles. The number of nitrogens with one attached hydrogen (secondary N) is 3. The molecule has 0 radical (unpaired) electrons. The predicted octanol–water partition coefficient (Wildman–Crippen LogP) is -20.3. The van der Waals surface area contributed by atoms with Crippen molar-refractivity contribution in [3.8, 4) is 0 Å². The van der Waals surface area contributed by atoms with Gasteiger partial charge in [0.25, 0.3) is 0 Å². The van der Waals surface area contributed by atoms with Crippen LogP contribution in [-0.2, 0) is 104 Å². The summed E-state index contributed by atoms with van der Waals surface area (Å²) < 4.78 is 114. The summed E-state index contributed by atoms with van der Waals surface area (Å²) in [5.41, 5.74) is 0. The molecule has 1 unspecified atom stereocenters. The van der Waals surface area contributed by atoms with Crippen LogP contribution in [0.1, 0.15) is 34.6 Å². The number of rotatable bonds is 29. The Bertz CT molecular complexity index is 3140. The number of carbonyl (C=O) groups excluding carboxylic acids is 3. The Morgan fingerprint density at radius 3 is 0.788 bits per heavy atom. The maximum atomic E-state index is 13.7. The first kappa shape index (κ1) is 96.8. The van der Waals surface area contributed by atoms with Gasteiger partial charge in [-0.25, -0.2) is 0 Å². The van der Waals surface area contributed by atoms with Gasteiger partial charge >= 0.3 is 0 Å². The lowest BCUT2D eigenvalue weighted by Crippen LogP contribution is -2.72. The molecule has 3 amide bonds. The molecule has 10 fully saturated rings.